The van der Waals surface area contributed by atoms with Crippen LogP contribution in [0.4, 0.5) is 5.69 Å². The van der Waals surface area contributed by atoms with E-state index in [4.69, 9.17) is 16.3 Å². The molecule has 1 aliphatic heterocycles. The van der Waals surface area contributed by atoms with Crippen molar-refractivity contribution in [2.75, 3.05) is 4.90 Å². The van der Waals surface area contributed by atoms with Gasteiger partial charge < -0.3 is 4.74 Å². The van der Waals surface area contributed by atoms with E-state index in [9.17, 15) is 14.4 Å². The fourth-order valence-electron chi connectivity index (χ4n) is 2.39. The Morgan fingerprint density at radius 2 is 1.81 bits per heavy atom. The van der Waals surface area contributed by atoms with Crippen LogP contribution < -0.4 is 9.64 Å². The molecule has 21 heavy (non-hydrogen) atoms. The average molecular weight is 310 g/mol. The lowest BCUT2D eigenvalue weighted by atomic mass is 9.98. The summed E-state index contributed by atoms with van der Waals surface area (Å²) in [5.74, 6) is -0.844. The quantitative estimate of drug-likeness (QED) is 0.804. The van der Waals surface area contributed by atoms with Crippen molar-refractivity contribution < 1.29 is 19.1 Å². The van der Waals surface area contributed by atoms with E-state index >= 15 is 0 Å². The summed E-state index contributed by atoms with van der Waals surface area (Å²) in [7, 11) is 0. The van der Waals surface area contributed by atoms with Gasteiger partial charge in [0.2, 0.25) is 0 Å². The Morgan fingerprint density at radius 3 is 2.33 bits per heavy atom. The van der Waals surface area contributed by atoms with E-state index in [0.717, 1.165) is 0 Å². The number of nitrogens with zero attached hydrogens (tertiary/aromatic N) is 1. The molecule has 1 aromatic carbocycles. The van der Waals surface area contributed by atoms with Gasteiger partial charge in [-0.15, -0.1) is 0 Å². The third-order valence-electron chi connectivity index (χ3n) is 3.31. The first-order chi connectivity index (χ1) is 9.65. The maximum Gasteiger partial charge on any atom is 0.271 e. The summed E-state index contributed by atoms with van der Waals surface area (Å²) in [5.41, 5.74) is -0.827. The highest BCUT2D eigenvalue weighted by atomic mass is 35.5. The number of hydrogen-bond donors (Lipinski definition) is 0. The third kappa shape index (κ3) is 2.65. The highest BCUT2D eigenvalue weighted by Gasteiger charge is 2.46. The van der Waals surface area contributed by atoms with Crippen LogP contribution in [0.15, 0.2) is 18.2 Å². The highest BCUT2D eigenvalue weighted by Crippen LogP contribution is 2.40. The molecule has 0 saturated carbocycles. The lowest BCUT2D eigenvalue weighted by Gasteiger charge is -2.41. The van der Waals surface area contributed by atoms with Crippen molar-refractivity contribution in [2.45, 2.75) is 39.3 Å². The fraction of sp³-hybridized carbons (Fsp3) is 0.400. The maximum absolute atomic E-state index is 12.6. The molecule has 6 heteroatoms. The predicted molar refractivity (Wildman–Crippen MR) is 78.8 cm³/mol. The first kappa shape index (κ1) is 15.5. The maximum atomic E-state index is 12.6. The number of rotatable bonds is 3. The van der Waals surface area contributed by atoms with Crippen molar-refractivity contribution in [1.29, 1.82) is 0 Å². The Labute approximate surface area is 127 Å². The standard InChI is InChI=1S/C15H16ClNO4/c1-8(18)13(9(2)19)17-11-7-10(16)5-6-12(11)21-15(3,4)14(17)20/h5-7,13H,1-4H3. The van der Waals surface area contributed by atoms with Gasteiger partial charge in [0, 0.05) is 5.02 Å². The Morgan fingerprint density at radius 1 is 1.24 bits per heavy atom. The molecule has 0 bridgehead atoms. The minimum atomic E-state index is -1.17. The molecule has 0 aromatic heterocycles. The van der Waals surface area contributed by atoms with Gasteiger partial charge in [-0.2, -0.15) is 0 Å². The molecule has 1 heterocycles. The molecule has 0 fully saturated rings. The lowest BCUT2D eigenvalue weighted by Crippen LogP contribution is -2.59. The van der Waals surface area contributed by atoms with E-state index in [1.54, 1.807) is 26.0 Å². The number of halogens is 1. The van der Waals surface area contributed by atoms with Crippen LogP contribution in [0.25, 0.3) is 0 Å². The second kappa shape index (κ2) is 5.15. The van der Waals surface area contributed by atoms with Crippen molar-refractivity contribution in [3.05, 3.63) is 23.2 Å². The molecule has 1 amide bonds. The summed E-state index contributed by atoms with van der Waals surface area (Å²) in [6, 6.07) is 3.60. The molecule has 0 unspecified atom stereocenters. The van der Waals surface area contributed by atoms with E-state index in [1.165, 1.54) is 24.8 Å². The first-order valence-electron chi connectivity index (χ1n) is 6.48. The van der Waals surface area contributed by atoms with E-state index in [1.807, 2.05) is 0 Å². The van der Waals surface area contributed by atoms with Gasteiger partial charge in [-0.25, -0.2) is 0 Å². The SMILES string of the molecule is CC(=O)C(C(C)=O)N1C(=O)C(C)(C)Oc2ccc(Cl)cc21. The van der Waals surface area contributed by atoms with Gasteiger partial charge in [-0.1, -0.05) is 11.6 Å². The Balaban J connectivity index is 2.67. The number of fused-ring (bicyclic) bond motifs is 1. The van der Waals surface area contributed by atoms with Gasteiger partial charge in [-0.3, -0.25) is 19.3 Å². The number of ketones is 2. The first-order valence-corrected chi connectivity index (χ1v) is 6.86. The summed E-state index contributed by atoms with van der Waals surface area (Å²) < 4.78 is 5.65. The lowest BCUT2D eigenvalue weighted by molar-refractivity contribution is -0.137. The van der Waals surface area contributed by atoms with Gasteiger partial charge in [-0.05, 0) is 45.9 Å². The van der Waals surface area contributed by atoms with Crippen LogP contribution in [0.5, 0.6) is 5.75 Å². The van der Waals surface area contributed by atoms with Crippen LogP contribution in [0.3, 0.4) is 0 Å². The van der Waals surface area contributed by atoms with Crippen molar-refractivity contribution in [3.8, 4) is 5.75 Å². The fourth-order valence-corrected chi connectivity index (χ4v) is 2.56. The highest BCUT2D eigenvalue weighted by molar-refractivity contribution is 6.31. The molecule has 5 nitrogen and oxygen atoms in total. The number of amides is 1. The van der Waals surface area contributed by atoms with E-state index in [2.05, 4.69) is 0 Å². The molecule has 0 atom stereocenters. The van der Waals surface area contributed by atoms with E-state index in [0.29, 0.717) is 16.5 Å². The summed E-state index contributed by atoms with van der Waals surface area (Å²) in [4.78, 5) is 37.5. The zero-order valence-electron chi connectivity index (χ0n) is 12.3. The van der Waals surface area contributed by atoms with Crippen molar-refractivity contribution in [3.63, 3.8) is 0 Å². The number of hydrogen-bond acceptors (Lipinski definition) is 4. The minimum absolute atomic E-state index is 0.335. The van der Waals surface area contributed by atoms with Crippen molar-refractivity contribution in [1.82, 2.24) is 0 Å². The molecule has 1 aromatic rings. The summed E-state index contributed by atoms with van der Waals surface area (Å²) >= 11 is 5.96. The smallest absolute Gasteiger partial charge is 0.271 e. The number of carbonyl (C=O) groups is 3. The number of carbonyl (C=O) groups excluding carboxylic acids is 3. The second-order valence-corrected chi connectivity index (χ2v) is 5.96. The summed E-state index contributed by atoms with van der Waals surface area (Å²) in [6.45, 7) is 5.76. The molecule has 0 saturated heterocycles. The van der Waals surface area contributed by atoms with Gasteiger partial charge >= 0.3 is 0 Å². The monoisotopic (exact) mass is 309 g/mol. The van der Waals surface area contributed by atoms with Crippen molar-refractivity contribution in [2.24, 2.45) is 0 Å². The Bertz CT molecular complexity index is 625. The van der Waals surface area contributed by atoms with Crippen LogP contribution in [-0.4, -0.2) is 29.1 Å². The molecular formula is C15H16ClNO4. The Kier molecular flexibility index (Phi) is 3.80. The molecule has 1 aliphatic rings. The van der Waals surface area contributed by atoms with Crippen molar-refractivity contribution >= 4 is 34.8 Å². The van der Waals surface area contributed by atoms with Gasteiger partial charge in [0.05, 0.1) is 5.69 Å². The molecule has 0 radical (unpaired) electrons. The zero-order chi connectivity index (χ0) is 15.9. The van der Waals surface area contributed by atoms with Crippen LogP contribution in [0.1, 0.15) is 27.7 Å². The number of benzene rings is 1. The second-order valence-electron chi connectivity index (χ2n) is 5.52. The van der Waals surface area contributed by atoms with E-state index < -0.39 is 29.1 Å². The minimum Gasteiger partial charge on any atom is -0.476 e. The van der Waals surface area contributed by atoms with Gasteiger partial charge in [0.15, 0.2) is 23.2 Å². The predicted octanol–water partition coefficient (Wildman–Crippen LogP) is 2.39. The number of Topliss-reactive ketones (excluding diaryl/α,β-unsaturated/α-hetero) is 2. The topological polar surface area (TPSA) is 63.7 Å². The molecular weight excluding hydrogens is 294 g/mol. The number of ether oxygens (including phenoxy) is 1. The Hall–Kier alpha value is -1.88. The third-order valence-corrected chi connectivity index (χ3v) is 3.54. The number of anilines is 1. The summed E-state index contributed by atoms with van der Waals surface area (Å²) in [6.07, 6.45) is 0. The van der Waals surface area contributed by atoms with Gasteiger partial charge in [0.25, 0.3) is 5.91 Å². The van der Waals surface area contributed by atoms with Crippen LogP contribution in [0.2, 0.25) is 5.02 Å². The van der Waals surface area contributed by atoms with E-state index in [-0.39, 0.29) is 0 Å². The van der Waals surface area contributed by atoms with Crippen LogP contribution >= 0.6 is 11.6 Å². The molecule has 2 rings (SSSR count). The summed E-state index contributed by atoms with van der Waals surface area (Å²) in [5, 5.41) is 0.390. The average Bonchev–Trinajstić information content (AvgIpc) is 2.34. The van der Waals surface area contributed by atoms with Crippen LogP contribution in [-0.2, 0) is 14.4 Å². The molecule has 0 aliphatic carbocycles. The zero-order valence-corrected chi connectivity index (χ0v) is 13.0. The largest absolute Gasteiger partial charge is 0.476 e. The molecule has 0 spiro atoms. The molecule has 0 N–H and O–H groups in total. The normalized spacial score (nSPS) is 16.5. The van der Waals surface area contributed by atoms with Gasteiger partial charge in [0.1, 0.15) is 5.75 Å². The van der Waals surface area contributed by atoms with Crippen LogP contribution in [0, 0.1) is 0 Å². The molecule has 112 valence electrons.